The Morgan fingerprint density at radius 2 is 1.74 bits per heavy atom. The van der Waals surface area contributed by atoms with Gasteiger partial charge in [-0.05, 0) is 37.1 Å². The fourth-order valence-electron chi connectivity index (χ4n) is 3.13. The molecule has 0 bridgehead atoms. The summed E-state index contributed by atoms with van der Waals surface area (Å²) < 4.78 is 10.1. The zero-order chi connectivity index (χ0) is 19.1. The van der Waals surface area contributed by atoms with Crippen LogP contribution in [0.25, 0.3) is 0 Å². The average Bonchev–Trinajstić information content (AvgIpc) is 2.73. The van der Waals surface area contributed by atoms with E-state index in [9.17, 15) is 4.79 Å². The molecule has 1 aromatic carbocycles. The van der Waals surface area contributed by atoms with Crippen LogP contribution in [0, 0.1) is 0 Å². The maximum absolute atomic E-state index is 12.4. The van der Waals surface area contributed by atoms with E-state index in [1.54, 1.807) is 0 Å². The maximum atomic E-state index is 12.4. The van der Waals surface area contributed by atoms with E-state index >= 15 is 0 Å². The number of methoxy groups -OCH3 is 2. The lowest BCUT2D eigenvalue weighted by atomic mass is 10.1. The van der Waals surface area contributed by atoms with Gasteiger partial charge in [0.1, 0.15) is 5.69 Å². The van der Waals surface area contributed by atoms with Crippen LogP contribution in [0.5, 0.6) is 11.9 Å². The van der Waals surface area contributed by atoms with Crippen molar-refractivity contribution in [2.45, 2.75) is 32.4 Å². The van der Waals surface area contributed by atoms with Gasteiger partial charge in [0.05, 0.1) is 14.2 Å². The fraction of sp³-hybridized carbons (Fsp3) is 0.450. The molecular formula is C20H26N4O3. The summed E-state index contributed by atoms with van der Waals surface area (Å²) >= 11 is 0. The number of benzene rings is 1. The summed E-state index contributed by atoms with van der Waals surface area (Å²) in [5.41, 5.74) is 2.55. The lowest BCUT2D eigenvalue weighted by Gasteiger charge is -2.26. The molecule has 1 N–H and O–H groups in total. The summed E-state index contributed by atoms with van der Waals surface area (Å²) in [6, 6.07) is 9.96. The number of carbonyl (C=O) groups is 1. The molecule has 1 saturated heterocycles. The SMILES string of the molecule is COc1cc(C(=O)NCc2ccc(CN3CCCCC3)cc2)nc(OC)n1. The first-order valence-electron chi connectivity index (χ1n) is 9.23. The Morgan fingerprint density at radius 3 is 2.41 bits per heavy atom. The third-order valence-electron chi connectivity index (χ3n) is 4.64. The van der Waals surface area contributed by atoms with Crippen molar-refractivity contribution in [2.24, 2.45) is 0 Å². The Bertz CT molecular complexity index is 736. The third-order valence-corrected chi connectivity index (χ3v) is 4.64. The lowest BCUT2D eigenvalue weighted by Crippen LogP contribution is -2.29. The smallest absolute Gasteiger partial charge is 0.320 e. The number of amides is 1. The van der Waals surface area contributed by atoms with Gasteiger partial charge < -0.3 is 14.8 Å². The number of likely N-dealkylation sites (tertiary alicyclic amines) is 1. The van der Waals surface area contributed by atoms with Gasteiger partial charge in [-0.25, -0.2) is 0 Å². The molecule has 0 spiro atoms. The van der Waals surface area contributed by atoms with Crippen LogP contribution in [-0.2, 0) is 13.1 Å². The van der Waals surface area contributed by atoms with E-state index in [1.165, 1.54) is 58.2 Å². The van der Waals surface area contributed by atoms with Crippen molar-refractivity contribution < 1.29 is 14.3 Å². The molecule has 27 heavy (non-hydrogen) atoms. The molecule has 0 saturated carbocycles. The molecule has 7 nitrogen and oxygen atoms in total. The first kappa shape index (κ1) is 19.1. The fourth-order valence-corrected chi connectivity index (χ4v) is 3.13. The van der Waals surface area contributed by atoms with Gasteiger partial charge in [0.2, 0.25) is 5.88 Å². The van der Waals surface area contributed by atoms with Gasteiger partial charge in [-0.1, -0.05) is 30.7 Å². The maximum Gasteiger partial charge on any atom is 0.320 e. The predicted molar refractivity (Wildman–Crippen MR) is 102 cm³/mol. The Labute approximate surface area is 159 Å². The van der Waals surface area contributed by atoms with Crippen molar-refractivity contribution in [2.75, 3.05) is 27.3 Å². The second-order valence-corrected chi connectivity index (χ2v) is 6.62. The quantitative estimate of drug-likeness (QED) is 0.807. The van der Waals surface area contributed by atoms with Crippen LogP contribution in [0.3, 0.4) is 0 Å². The van der Waals surface area contributed by atoms with Gasteiger partial charge in [0.25, 0.3) is 5.91 Å². The highest BCUT2D eigenvalue weighted by molar-refractivity contribution is 5.92. The van der Waals surface area contributed by atoms with Gasteiger partial charge in [-0.15, -0.1) is 0 Å². The summed E-state index contributed by atoms with van der Waals surface area (Å²) in [4.78, 5) is 22.9. The monoisotopic (exact) mass is 370 g/mol. The third kappa shape index (κ3) is 5.40. The largest absolute Gasteiger partial charge is 0.481 e. The number of hydrogen-bond donors (Lipinski definition) is 1. The van der Waals surface area contributed by atoms with Crippen molar-refractivity contribution in [3.63, 3.8) is 0 Å². The molecule has 7 heteroatoms. The number of nitrogens with zero attached hydrogens (tertiary/aromatic N) is 3. The van der Waals surface area contributed by atoms with E-state index in [2.05, 4.69) is 44.5 Å². The van der Waals surface area contributed by atoms with E-state index in [0.717, 1.165) is 12.1 Å². The van der Waals surface area contributed by atoms with Crippen LogP contribution >= 0.6 is 0 Å². The molecule has 2 heterocycles. The van der Waals surface area contributed by atoms with Crippen LogP contribution < -0.4 is 14.8 Å². The second kappa shape index (κ2) is 9.32. The van der Waals surface area contributed by atoms with Gasteiger partial charge in [-0.2, -0.15) is 9.97 Å². The highest BCUT2D eigenvalue weighted by atomic mass is 16.5. The summed E-state index contributed by atoms with van der Waals surface area (Å²) in [5.74, 6) is -0.0135. The van der Waals surface area contributed by atoms with Gasteiger partial charge in [0.15, 0.2) is 0 Å². The molecule has 1 fully saturated rings. The number of nitrogens with one attached hydrogen (secondary N) is 1. The van der Waals surface area contributed by atoms with Crippen molar-refractivity contribution in [1.82, 2.24) is 20.2 Å². The highest BCUT2D eigenvalue weighted by Gasteiger charge is 2.13. The molecule has 3 rings (SSSR count). The standard InChI is InChI=1S/C20H26N4O3/c1-26-18-12-17(22-20(23-18)27-2)19(25)21-13-15-6-8-16(9-7-15)14-24-10-4-3-5-11-24/h6-9,12H,3-5,10-11,13-14H2,1-2H3,(H,21,25). The van der Waals surface area contributed by atoms with E-state index in [1.807, 2.05) is 0 Å². The minimum Gasteiger partial charge on any atom is -0.481 e. The molecule has 0 unspecified atom stereocenters. The predicted octanol–water partition coefficient (Wildman–Crippen LogP) is 2.41. The minimum absolute atomic E-state index is 0.0987. The van der Waals surface area contributed by atoms with Crippen LogP contribution in [0.15, 0.2) is 30.3 Å². The summed E-state index contributed by atoms with van der Waals surface area (Å²) in [6.07, 6.45) is 3.94. The zero-order valence-electron chi connectivity index (χ0n) is 15.9. The molecule has 0 radical (unpaired) electrons. The lowest BCUT2D eigenvalue weighted by molar-refractivity contribution is 0.0944. The van der Waals surface area contributed by atoms with Crippen molar-refractivity contribution in [1.29, 1.82) is 0 Å². The number of hydrogen-bond acceptors (Lipinski definition) is 6. The first-order valence-corrected chi connectivity index (χ1v) is 9.23. The topological polar surface area (TPSA) is 76.6 Å². The number of carbonyl (C=O) groups excluding carboxylic acids is 1. The summed E-state index contributed by atoms with van der Waals surface area (Å²) in [6.45, 7) is 3.79. The zero-order valence-corrected chi connectivity index (χ0v) is 15.9. The molecule has 2 aromatic rings. The molecule has 1 aliphatic rings. The van der Waals surface area contributed by atoms with Crippen molar-refractivity contribution >= 4 is 5.91 Å². The van der Waals surface area contributed by atoms with E-state index < -0.39 is 0 Å². The second-order valence-electron chi connectivity index (χ2n) is 6.62. The Kier molecular flexibility index (Phi) is 6.59. The Morgan fingerprint density at radius 1 is 1.04 bits per heavy atom. The van der Waals surface area contributed by atoms with Crippen LogP contribution in [0.2, 0.25) is 0 Å². The van der Waals surface area contributed by atoms with Gasteiger partial charge in [-0.3, -0.25) is 9.69 Å². The molecule has 0 atom stereocenters. The van der Waals surface area contributed by atoms with Crippen LogP contribution in [-0.4, -0.2) is 48.1 Å². The number of rotatable bonds is 7. The first-order chi connectivity index (χ1) is 13.2. The number of ether oxygens (including phenoxy) is 2. The summed E-state index contributed by atoms with van der Waals surface area (Å²) in [5, 5.41) is 2.87. The van der Waals surface area contributed by atoms with E-state index in [-0.39, 0.29) is 23.5 Å². The number of aromatic nitrogens is 2. The summed E-state index contributed by atoms with van der Waals surface area (Å²) in [7, 11) is 2.93. The molecule has 0 aliphatic carbocycles. The highest BCUT2D eigenvalue weighted by Crippen LogP contribution is 2.15. The Balaban J connectivity index is 1.55. The molecule has 1 aromatic heterocycles. The van der Waals surface area contributed by atoms with Gasteiger partial charge >= 0.3 is 6.01 Å². The van der Waals surface area contributed by atoms with E-state index in [0.29, 0.717) is 6.54 Å². The van der Waals surface area contributed by atoms with Gasteiger partial charge in [0, 0.05) is 19.2 Å². The van der Waals surface area contributed by atoms with E-state index in [4.69, 9.17) is 9.47 Å². The molecule has 144 valence electrons. The minimum atomic E-state index is -0.300. The van der Waals surface area contributed by atoms with Crippen LogP contribution in [0.4, 0.5) is 0 Å². The van der Waals surface area contributed by atoms with Crippen LogP contribution in [0.1, 0.15) is 40.9 Å². The molecule has 1 aliphatic heterocycles. The number of piperidine rings is 1. The molecular weight excluding hydrogens is 344 g/mol. The van der Waals surface area contributed by atoms with Crippen molar-refractivity contribution in [3.8, 4) is 11.9 Å². The normalized spacial score (nSPS) is 14.6. The molecule has 1 amide bonds. The average molecular weight is 370 g/mol. The Hall–Kier alpha value is -2.67. The van der Waals surface area contributed by atoms with Crippen molar-refractivity contribution in [3.05, 3.63) is 47.2 Å².